The van der Waals surface area contributed by atoms with E-state index in [1.54, 1.807) is 18.3 Å². The molecule has 2 heterocycles. The van der Waals surface area contributed by atoms with Crippen molar-refractivity contribution in [3.63, 3.8) is 0 Å². The van der Waals surface area contributed by atoms with E-state index < -0.39 is 0 Å². The summed E-state index contributed by atoms with van der Waals surface area (Å²) in [5, 5.41) is 7.84. The fraction of sp³-hybridized carbons (Fsp3) is 0.300. The van der Waals surface area contributed by atoms with Crippen molar-refractivity contribution >= 4 is 5.69 Å². The molecule has 2 aromatic rings. The third-order valence-electron chi connectivity index (χ3n) is 1.94. The molecular weight excluding hydrogens is 192 g/mol. The van der Waals surface area contributed by atoms with Crippen molar-refractivity contribution in [1.29, 1.82) is 0 Å². The maximum absolute atomic E-state index is 5.53. The van der Waals surface area contributed by atoms with Crippen LogP contribution in [0.4, 0.5) is 5.69 Å². The standard InChI is InChI=1S/C10H12N4O/c1-6(2)9-13-14-10(15-9)8-4-3-7(11)5-12-8/h3-6H,11H2,1-2H3. The largest absolute Gasteiger partial charge is 0.419 e. The minimum Gasteiger partial charge on any atom is -0.419 e. The Balaban J connectivity index is 2.33. The van der Waals surface area contributed by atoms with E-state index in [0.29, 0.717) is 23.2 Å². The summed E-state index contributed by atoms with van der Waals surface area (Å²) in [4.78, 5) is 4.10. The summed E-state index contributed by atoms with van der Waals surface area (Å²) in [5.74, 6) is 1.27. The Morgan fingerprint density at radius 3 is 2.60 bits per heavy atom. The van der Waals surface area contributed by atoms with Crippen molar-refractivity contribution in [3.05, 3.63) is 24.2 Å². The van der Waals surface area contributed by atoms with Gasteiger partial charge in [0.15, 0.2) is 0 Å². The van der Waals surface area contributed by atoms with Crippen LogP contribution in [0.15, 0.2) is 22.7 Å². The van der Waals surface area contributed by atoms with Crippen molar-refractivity contribution < 1.29 is 4.42 Å². The third kappa shape index (κ3) is 1.96. The van der Waals surface area contributed by atoms with E-state index >= 15 is 0 Å². The first-order valence-corrected chi connectivity index (χ1v) is 4.72. The van der Waals surface area contributed by atoms with Gasteiger partial charge in [-0.15, -0.1) is 10.2 Å². The van der Waals surface area contributed by atoms with Crippen LogP contribution in [0.3, 0.4) is 0 Å². The van der Waals surface area contributed by atoms with Crippen LogP contribution >= 0.6 is 0 Å². The van der Waals surface area contributed by atoms with Crippen molar-refractivity contribution in [1.82, 2.24) is 15.2 Å². The van der Waals surface area contributed by atoms with Gasteiger partial charge < -0.3 is 10.2 Å². The predicted octanol–water partition coefficient (Wildman–Crippen LogP) is 1.84. The molecule has 0 saturated carbocycles. The Bertz CT molecular complexity index is 447. The number of hydrogen-bond acceptors (Lipinski definition) is 5. The maximum atomic E-state index is 5.53. The number of nitrogen functional groups attached to an aromatic ring is 1. The highest BCUT2D eigenvalue weighted by atomic mass is 16.4. The summed E-state index contributed by atoms with van der Waals surface area (Å²) in [6.07, 6.45) is 1.56. The highest BCUT2D eigenvalue weighted by Gasteiger charge is 2.11. The van der Waals surface area contributed by atoms with E-state index in [1.165, 1.54) is 0 Å². The Labute approximate surface area is 87.3 Å². The molecule has 2 aromatic heterocycles. The van der Waals surface area contributed by atoms with Gasteiger partial charge in [0, 0.05) is 5.92 Å². The molecule has 78 valence electrons. The summed E-state index contributed by atoms with van der Waals surface area (Å²) in [6.45, 7) is 3.99. The zero-order valence-electron chi connectivity index (χ0n) is 8.64. The summed E-state index contributed by atoms with van der Waals surface area (Å²) >= 11 is 0. The number of rotatable bonds is 2. The Hall–Kier alpha value is -1.91. The average Bonchev–Trinajstić information content (AvgIpc) is 2.68. The molecule has 0 aliphatic carbocycles. The monoisotopic (exact) mass is 204 g/mol. The molecule has 0 saturated heterocycles. The average molecular weight is 204 g/mol. The van der Waals surface area contributed by atoms with Crippen LogP contribution in [0.2, 0.25) is 0 Å². The van der Waals surface area contributed by atoms with Crippen molar-refractivity contribution in [2.45, 2.75) is 19.8 Å². The van der Waals surface area contributed by atoms with E-state index in [4.69, 9.17) is 10.2 Å². The van der Waals surface area contributed by atoms with Crippen molar-refractivity contribution in [3.8, 4) is 11.6 Å². The van der Waals surface area contributed by atoms with E-state index in [9.17, 15) is 0 Å². The molecule has 0 bridgehead atoms. The molecule has 0 unspecified atom stereocenters. The number of anilines is 1. The molecule has 0 fully saturated rings. The molecule has 15 heavy (non-hydrogen) atoms. The lowest BCUT2D eigenvalue weighted by Crippen LogP contribution is -1.88. The van der Waals surface area contributed by atoms with Crippen LogP contribution in [0.5, 0.6) is 0 Å². The summed E-state index contributed by atoms with van der Waals surface area (Å²) in [7, 11) is 0. The van der Waals surface area contributed by atoms with Gasteiger partial charge >= 0.3 is 0 Å². The fourth-order valence-electron chi connectivity index (χ4n) is 1.10. The van der Waals surface area contributed by atoms with Crippen molar-refractivity contribution in [2.24, 2.45) is 0 Å². The lowest BCUT2D eigenvalue weighted by atomic mass is 10.2. The third-order valence-corrected chi connectivity index (χ3v) is 1.94. The molecule has 0 aromatic carbocycles. The lowest BCUT2D eigenvalue weighted by molar-refractivity contribution is 0.480. The number of nitrogens with two attached hydrogens (primary N) is 1. The number of aromatic nitrogens is 3. The van der Waals surface area contributed by atoms with Crippen LogP contribution in [0, 0.1) is 0 Å². The van der Waals surface area contributed by atoms with Gasteiger partial charge in [0.1, 0.15) is 5.69 Å². The minimum atomic E-state index is 0.222. The van der Waals surface area contributed by atoms with E-state index in [0.717, 1.165) is 0 Å². The zero-order chi connectivity index (χ0) is 10.8. The molecule has 0 radical (unpaired) electrons. The molecule has 5 heteroatoms. The van der Waals surface area contributed by atoms with Crippen LogP contribution < -0.4 is 5.73 Å². The predicted molar refractivity (Wildman–Crippen MR) is 56.0 cm³/mol. The van der Waals surface area contributed by atoms with Gasteiger partial charge in [-0.05, 0) is 12.1 Å². The van der Waals surface area contributed by atoms with Gasteiger partial charge in [-0.1, -0.05) is 13.8 Å². The Morgan fingerprint density at radius 1 is 1.27 bits per heavy atom. The molecule has 2 rings (SSSR count). The fourth-order valence-corrected chi connectivity index (χ4v) is 1.10. The first kappa shape index (κ1) is 9.64. The molecule has 0 aliphatic heterocycles. The lowest BCUT2D eigenvalue weighted by Gasteiger charge is -1.96. The van der Waals surface area contributed by atoms with Gasteiger partial charge in [-0.25, -0.2) is 4.98 Å². The molecule has 2 N–H and O–H groups in total. The minimum absolute atomic E-state index is 0.222. The molecule has 0 amide bonds. The SMILES string of the molecule is CC(C)c1nnc(-c2ccc(N)cn2)o1. The van der Waals surface area contributed by atoms with Crippen LogP contribution in [-0.2, 0) is 0 Å². The van der Waals surface area contributed by atoms with Crippen LogP contribution in [0.1, 0.15) is 25.7 Å². The van der Waals surface area contributed by atoms with Gasteiger partial charge in [-0.2, -0.15) is 0 Å². The highest BCUT2D eigenvalue weighted by Crippen LogP contribution is 2.19. The molecule has 0 aliphatic rings. The van der Waals surface area contributed by atoms with E-state index in [2.05, 4.69) is 15.2 Å². The summed E-state index contributed by atoms with van der Waals surface area (Å²) < 4.78 is 5.45. The van der Waals surface area contributed by atoms with Crippen LogP contribution in [-0.4, -0.2) is 15.2 Å². The smallest absolute Gasteiger partial charge is 0.266 e. The highest BCUT2D eigenvalue weighted by molar-refractivity contribution is 5.49. The van der Waals surface area contributed by atoms with Gasteiger partial charge in [0.2, 0.25) is 5.89 Å². The summed E-state index contributed by atoms with van der Waals surface area (Å²) in [6, 6.07) is 3.51. The number of nitrogens with zero attached hydrogens (tertiary/aromatic N) is 3. The van der Waals surface area contributed by atoms with Gasteiger partial charge in [-0.3, -0.25) is 0 Å². The molecule has 5 nitrogen and oxygen atoms in total. The zero-order valence-corrected chi connectivity index (χ0v) is 8.64. The number of hydrogen-bond donors (Lipinski definition) is 1. The topological polar surface area (TPSA) is 77.8 Å². The Kier molecular flexibility index (Phi) is 2.37. The first-order chi connectivity index (χ1) is 7.16. The Morgan fingerprint density at radius 2 is 2.07 bits per heavy atom. The van der Waals surface area contributed by atoms with Crippen molar-refractivity contribution in [2.75, 3.05) is 5.73 Å². The normalized spacial score (nSPS) is 10.9. The first-order valence-electron chi connectivity index (χ1n) is 4.72. The van der Waals surface area contributed by atoms with E-state index in [-0.39, 0.29) is 5.92 Å². The second-order valence-corrected chi connectivity index (χ2v) is 3.58. The van der Waals surface area contributed by atoms with Crippen LogP contribution in [0.25, 0.3) is 11.6 Å². The quantitative estimate of drug-likeness (QED) is 0.807. The molecule has 0 atom stereocenters. The van der Waals surface area contributed by atoms with Gasteiger partial charge in [0.25, 0.3) is 5.89 Å². The summed E-state index contributed by atoms with van der Waals surface area (Å²) in [5.41, 5.74) is 6.78. The molecular formula is C10H12N4O. The maximum Gasteiger partial charge on any atom is 0.266 e. The van der Waals surface area contributed by atoms with Gasteiger partial charge in [0.05, 0.1) is 11.9 Å². The second-order valence-electron chi connectivity index (χ2n) is 3.58. The van der Waals surface area contributed by atoms with E-state index in [1.807, 2.05) is 13.8 Å². The molecule has 0 spiro atoms. The second kappa shape index (κ2) is 3.68. The number of pyridine rings is 1.